The van der Waals surface area contributed by atoms with Gasteiger partial charge in [0, 0.05) is 5.56 Å². The summed E-state index contributed by atoms with van der Waals surface area (Å²) in [6.07, 6.45) is 0.0444. The van der Waals surface area contributed by atoms with Crippen molar-refractivity contribution in [3.05, 3.63) is 58.1 Å². The Morgan fingerprint density at radius 1 is 1.20 bits per heavy atom. The summed E-state index contributed by atoms with van der Waals surface area (Å²) in [6, 6.07) is 12.1. The van der Waals surface area contributed by atoms with Crippen molar-refractivity contribution in [1.29, 1.82) is 0 Å². The van der Waals surface area contributed by atoms with Gasteiger partial charge in [-0.05, 0) is 28.1 Å². The van der Waals surface area contributed by atoms with Crippen LogP contribution in [0.2, 0.25) is 0 Å². The van der Waals surface area contributed by atoms with Crippen LogP contribution >= 0.6 is 27.5 Å². The molecule has 5 heteroatoms. The Labute approximate surface area is 129 Å². The van der Waals surface area contributed by atoms with Gasteiger partial charge in [0.2, 0.25) is 5.06 Å². The molecule has 1 unspecified atom stereocenters. The van der Waals surface area contributed by atoms with E-state index in [1.165, 1.54) is 6.07 Å². The molecule has 102 valence electrons. The van der Waals surface area contributed by atoms with Gasteiger partial charge in [0.25, 0.3) is 0 Å². The molecule has 3 rings (SSSR count). The van der Waals surface area contributed by atoms with Crippen LogP contribution in [-0.4, -0.2) is 10.9 Å². The monoisotopic (exact) mass is 352 g/mol. The number of alkyl halides is 1. The lowest BCUT2D eigenvalue weighted by atomic mass is 9.95. The van der Waals surface area contributed by atoms with Crippen LogP contribution in [0, 0.1) is 0 Å². The third-order valence-corrected chi connectivity index (χ3v) is 4.43. The summed E-state index contributed by atoms with van der Waals surface area (Å²) in [5.74, 6) is 0.163. The second kappa shape index (κ2) is 4.79. The standard InChI is InChI=1S/C15H10BrClO3/c16-13-11(18)7-6-10-12(19)8-15(17,20-14(10)13)9-4-2-1-3-5-9/h1-7,18H,8H2. The maximum atomic E-state index is 12.3. The van der Waals surface area contributed by atoms with Gasteiger partial charge in [0.15, 0.2) is 11.5 Å². The Kier molecular flexibility index (Phi) is 3.22. The van der Waals surface area contributed by atoms with E-state index in [0.29, 0.717) is 15.6 Å². The van der Waals surface area contributed by atoms with E-state index in [1.54, 1.807) is 6.07 Å². The van der Waals surface area contributed by atoms with E-state index in [9.17, 15) is 9.90 Å². The predicted octanol–water partition coefficient (Wildman–Crippen LogP) is 4.21. The number of benzene rings is 2. The summed E-state index contributed by atoms with van der Waals surface area (Å²) in [4.78, 5) is 12.3. The minimum Gasteiger partial charge on any atom is -0.507 e. The highest BCUT2D eigenvalue weighted by atomic mass is 79.9. The van der Waals surface area contributed by atoms with Crippen LogP contribution in [0.3, 0.4) is 0 Å². The molecule has 0 aromatic heterocycles. The van der Waals surface area contributed by atoms with E-state index < -0.39 is 5.06 Å². The lowest BCUT2D eigenvalue weighted by molar-refractivity contribution is 0.0763. The number of phenolic OH excluding ortho intramolecular Hbond substituents is 1. The molecule has 0 saturated carbocycles. The molecule has 1 aliphatic rings. The first-order valence-electron chi connectivity index (χ1n) is 5.99. The molecule has 1 aliphatic heterocycles. The van der Waals surface area contributed by atoms with E-state index in [4.69, 9.17) is 16.3 Å². The van der Waals surface area contributed by atoms with Gasteiger partial charge in [-0.25, -0.2) is 0 Å². The van der Waals surface area contributed by atoms with Gasteiger partial charge in [0.1, 0.15) is 10.2 Å². The molecule has 0 saturated heterocycles. The maximum Gasteiger partial charge on any atom is 0.215 e. The first kappa shape index (κ1) is 13.5. The van der Waals surface area contributed by atoms with Crippen LogP contribution in [0.25, 0.3) is 0 Å². The van der Waals surface area contributed by atoms with Crippen LogP contribution < -0.4 is 4.74 Å². The summed E-state index contributed by atoms with van der Waals surface area (Å²) >= 11 is 9.73. The molecule has 0 radical (unpaired) electrons. The van der Waals surface area contributed by atoms with E-state index in [1.807, 2.05) is 30.3 Å². The number of halogens is 2. The van der Waals surface area contributed by atoms with Crippen molar-refractivity contribution >= 4 is 33.3 Å². The highest BCUT2D eigenvalue weighted by molar-refractivity contribution is 9.10. The van der Waals surface area contributed by atoms with E-state index in [2.05, 4.69) is 15.9 Å². The predicted molar refractivity (Wildman–Crippen MR) is 79.4 cm³/mol. The normalized spacial score (nSPS) is 21.2. The fourth-order valence-corrected chi connectivity index (χ4v) is 2.96. The number of fused-ring (bicyclic) bond motifs is 1. The maximum absolute atomic E-state index is 12.3. The third-order valence-electron chi connectivity index (χ3n) is 3.23. The number of ether oxygens (including phenoxy) is 1. The van der Waals surface area contributed by atoms with Crippen LogP contribution in [0.1, 0.15) is 22.3 Å². The minimum atomic E-state index is -1.25. The first-order valence-corrected chi connectivity index (χ1v) is 7.16. The van der Waals surface area contributed by atoms with Crippen LogP contribution in [0.5, 0.6) is 11.5 Å². The van der Waals surface area contributed by atoms with Crippen molar-refractivity contribution in [2.75, 3.05) is 0 Å². The SMILES string of the molecule is O=C1CC(Cl)(c2ccccc2)Oc2c1ccc(O)c2Br. The van der Waals surface area contributed by atoms with Gasteiger partial charge in [-0.2, -0.15) is 0 Å². The molecule has 3 nitrogen and oxygen atoms in total. The molecule has 1 heterocycles. The second-order valence-electron chi connectivity index (χ2n) is 4.57. The smallest absolute Gasteiger partial charge is 0.215 e. The Balaban J connectivity index is 2.13. The molecule has 0 fully saturated rings. The number of hydrogen-bond donors (Lipinski definition) is 1. The molecule has 1 N–H and O–H groups in total. The molecule has 2 aromatic rings. The average molecular weight is 354 g/mol. The van der Waals surface area contributed by atoms with E-state index >= 15 is 0 Å². The summed E-state index contributed by atoms with van der Waals surface area (Å²) in [6.45, 7) is 0. The van der Waals surface area contributed by atoms with Crippen molar-refractivity contribution in [2.45, 2.75) is 11.5 Å². The number of Topliss-reactive ketones (excluding diaryl/α,β-unsaturated/α-hetero) is 1. The fourth-order valence-electron chi connectivity index (χ4n) is 2.21. The average Bonchev–Trinajstić information content (AvgIpc) is 2.44. The zero-order chi connectivity index (χ0) is 14.3. The summed E-state index contributed by atoms with van der Waals surface area (Å²) in [7, 11) is 0. The Morgan fingerprint density at radius 2 is 1.90 bits per heavy atom. The fraction of sp³-hybridized carbons (Fsp3) is 0.133. The van der Waals surface area contributed by atoms with Crippen molar-refractivity contribution in [1.82, 2.24) is 0 Å². The topological polar surface area (TPSA) is 46.5 Å². The van der Waals surface area contributed by atoms with Crippen molar-refractivity contribution in [2.24, 2.45) is 0 Å². The summed E-state index contributed by atoms with van der Waals surface area (Å²) in [5.41, 5.74) is 1.12. The molecule has 0 amide bonds. The van der Waals surface area contributed by atoms with Crippen LogP contribution in [0.15, 0.2) is 46.9 Å². The number of aromatic hydroxyl groups is 1. The largest absolute Gasteiger partial charge is 0.507 e. The number of ketones is 1. The zero-order valence-corrected chi connectivity index (χ0v) is 12.6. The summed E-state index contributed by atoms with van der Waals surface area (Å²) in [5, 5.41) is 8.47. The van der Waals surface area contributed by atoms with Crippen molar-refractivity contribution in [3.63, 3.8) is 0 Å². The minimum absolute atomic E-state index is 0.00512. The van der Waals surface area contributed by atoms with Gasteiger partial charge in [-0.1, -0.05) is 41.9 Å². The molecule has 20 heavy (non-hydrogen) atoms. The highest BCUT2D eigenvalue weighted by Gasteiger charge is 2.41. The van der Waals surface area contributed by atoms with Gasteiger partial charge in [-0.15, -0.1) is 0 Å². The third kappa shape index (κ3) is 2.09. The van der Waals surface area contributed by atoms with Crippen molar-refractivity contribution in [3.8, 4) is 11.5 Å². The van der Waals surface area contributed by atoms with Crippen LogP contribution in [0.4, 0.5) is 0 Å². The number of rotatable bonds is 1. The van der Waals surface area contributed by atoms with Gasteiger partial charge in [-0.3, -0.25) is 4.79 Å². The number of carbonyl (C=O) groups excluding carboxylic acids is 1. The van der Waals surface area contributed by atoms with Crippen LogP contribution in [-0.2, 0) is 5.06 Å². The Morgan fingerprint density at radius 3 is 2.60 bits per heavy atom. The lowest BCUT2D eigenvalue weighted by Gasteiger charge is -2.33. The van der Waals surface area contributed by atoms with E-state index in [-0.39, 0.29) is 23.7 Å². The number of phenols is 1. The Bertz CT molecular complexity index is 687. The molecular formula is C15H10BrClO3. The number of carbonyl (C=O) groups is 1. The van der Waals surface area contributed by atoms with Gasteiger partial charge < -0.3 is 9.84 Å². The molecule has 0 bridgehead atoms. The molecule has 1 atom stereocenters. The second-order valence-corrected chi connectivity index (χ2v) is 5.98. The highest BCUT2D eigenvalue weighted by Crippen LogP contribution is 2.47. The molecular weight excluding hydrogens is 344 g/mol. The first-order chi connectivity index (χ1) is 9.51. The van der Waals surface area contributed by atoms with E-state index in [0.717, 1.165) is 0 Å². The molecule has 0 spiro atoms. The summed E-state index contributed by atoms with van der Waals surface area (Å²) < 4.78 is 6.16. The van der Waals surface area contributed by atoms with Crippen molar-refractivity contribution < 1.29 is 14.6 Å². The Hall–Kier alpha value is -1.52. The zero-order valence-electron chi connectivity index (χ0n) is 10.3. The quantitative estimate of drug-likeness (QED) is 0.781. The number of hydrogen-bond acceptors (Lipinski definition) is 3. The van der Waals surface area contributed by atoms with Gasteiger partial charge >= 0.3 is 0 Å². The lowest BCUT2D eigenvalue weighted by Crippen LogP contribution is -2.34. The molecule has 2 aromatic carbocycles. The molecule has 0 aliphatic carbocycles. The van der Waals surface area contributed by atoms with Gasteiger partial charge in [0.05, 0.1) is 12.0 Å².